The van der Waals surface area contributed by atoms with Crippen molar-refractivity contribution in [2.24, 2.45) is 0 Å². The van der Waals surface area contributed by atoms with Gasteiger partial charge in [-0.05, 0) is 27.3 Å². The fourth-order valence-corrected chi connectivity index (χ4v) is 2.99. The lowest BCUT2D eigenvalue weighted by Crippen LogP contribution is -2.24. The molecule has 1 atom stereocenters. The highest BCUT2D eigenvalue weighted by atomic mass is 32.1. The smallest absolute Gasteiger partial charge is 0.116 e. The van der Waals surface area contributed by atoms with Crippen LogP contribution in [-0.4, -0.2) is 21.1 Å². The van der Waals surface area contributed by atoms with Crippen LogP contribution in [0.1, 0.15) is 41.2 Å². The molecule has 0 aliphatic heterocycles. The molecular weight excluding hydrogens is 244 g/mol. The maximum absolute atomic E-state index is 4.68. The second-order valence-corrected chi connectivity index (χ2v) is 5.52. The van der Waals surface area contributed by atoms with E-state index in [1.807, 2.05) is 12.5 Å². The fourth-order valence-electron chi connectivity index (χ4n) is 1.98. The first-order chi connectivity index (χ1) is 8.67. The number of thiazole rings is 1. The number of aromatic nitrogens is 3. The van der Waals surface area contributed by atoms with Crippen molar-refractivity contribution in [2.75, 3.05) is 6.54 Å². The molecule has 2 aromatic heterocycles. The van der Waals surface area contributed by atoms with Crippen LogP contribution in [0.4, 0.5) is 0 Å². The molecule has 0 saturated carbocycles. The third-order valence-electron chi connectivity index (χ3n) is 3.08. The van der Waals surface area contributed by atoms with Gasteiger partial charge in [0, 0.05) is 11.4 Å². The molecule has 0 aliphatic carbocycles. The van der Waals surface area contributed by atoms with Crippen LogP contribution in [0.25, 0.3) is 0 Å². The molecule has 0 spiro atoms. The van der Waals surface area contributed by atoms with Crippen molar-refractivity contribution in [1.82, 2.24) is 19.9 Å². The molecule has 2 heterocycles. The van der Waals surface area contributed by atoms with Gasteiger partial charge >= 0.3 is 0 Å². The van der Waals surface area contributed by atoms with E-state index in [-0.39, 0.29) is 6.04 Å². The highest BCUT2D eigenvalue weighted by Gasteiger charge is 2.20. The van der Waals surface area contributed by atoms with Gasteiger partial charge in [-0.1, -0.05) is 6.92 Å². The Morgan fingerprint density at radius 1 is 1.39 bits per heavy atom. The summed E-state index contributed by atoms with van der Waals surface area (Å²) in [4.78, 5) is 10.2. The van der Waals surface area contributed by atoms with Gasteiger partial charge in [0.2, 0.25) is 0 Å². The minimum atomic E-state index is 0.148. The Balaban J connectivity index is 2.39. The van der Waals surface area contributed by atoms with Gasteiger partial charge in [0.25, 0.3) is 0 Å². The Bertz CT molecular complexity index is 495. The zero-order valence-electron chi connectivity index (χ0n) is 11.4. The van der Waals surface area contributed by atoms with E-state index in [1.165, 1.54) is 10.6 Å². The lowest BCUT2D eigenvalue weighted by atomic mass is 10.2. The van der Waals surface area contributed by atoms with Crippen LogP contribution in [0.15, 0.2) is 12.5 Å². The molecule has 1 N–H and O–H groups in total. The molecule has 5 heteroatoms. The van der Waals surface area contributed by atoms with Gasteiger partial charge in [0.15, 0.2) is 0 Å². The van der Waals surface area contributed by atoms with E-state index < -0.39 is 0 Å². The summed E-state index contributed by atoms with van der Waals surface area (Å²) in [5.41, 5.74) is 2.31. The average Bonchev–Trinajstić information content (AvgIpc) is 2.94. The fraction of sp³-hybridized carbons (Fsp3) is 0.538. The third-order valence-corrected chi connectivity index (χ3v) is 4.22. The largest absolute Gasteiger partial charge is 0.333 e. The zero-order chi connectivity index (χ0) is 13.1. The lowest BCUT2D eigenvalue weighted by Gasteiger charge is -2.16. The molecule has 0 bridgehead atoms. The highest BCUT2D eigenvalue weighted by molar-refractivity contribution is 7.11. The molecule has 1 unspecified atom stereocenters. The summed E-state index contributed by atoms with van der Waals surface area (Å²) in [6, 6.07) is 0.148. The van der Waals surface area contributed by atoms with Crippen molar-refractivity contribution in [3.8, 4) is 0 Å². The summed E-state index contributed by atoms with van der Waals surface area (Å²) in [6.07, 6.45) is 3.82. The number of hydrogen-bond donors (Lipinski definition) is 1. The van der Waals surface area contributed by atoms with Crippen molar-refractivity contribution in [3.05, 3.63) is 33.8 Å². The summed E-state index contributed by atoms with van der Waals surface area (Å²) in [5, 5.41) is 4.63. The number of aryl methyl sites for hydroxylation is 3. The SMILES string of the molecule is CCNC(c1nc(C)c(C)s1)c1cncn1CC. The maximum Gasteiger partial charge on any atom is 0.116 e. The van der Waals surface area contributed by atoms with Gasteiger partial charge in [-0.2, -0.15) is 0 Å². The van der Waals surface area contributed by atoms with Crippen molar-refractivity contribution < 1.29 is 0 Å². The van der Waals surface area contributed by atoms with Crippen molar-refractivity contribution >= 4 is 11.3 Å². The molecule has 0 aliphatic rings. The van der Waals surface area contributed by atoms with Crippen LogP contribution in [0.2, 0.25) is 0 Å². The van der Waals surface area contributed by atoms with Crippen molar-refractivity contribution in [1.29, 1.82) is 0 Å². The molecule has 98 valence electrons. The van der Waals surface area contributed by atoms with Crippen LogP contribution in [-0.2, 0) is 6.54 Å². The van der Waals surface area contributed by atoms with Gasteiger partial charge < -0.3 is 9.88 Å². The molecule has 0 fully saturated rings. The summed E-state index contributed by atoms with van der Waals surface area (Å²) in [5.74, 6) is 0. The summed E-state index contributed by atoms with van der Waals surface area (Å²) in [6.45, 7) is 10.3. The summed E-state index contributed by atoms with van der Waals surface area (Å²) in [7, 11) is 0. The van der Waals surface area contributed by atoms with E-state index >= 15 is 0 Å². The van der Waals surface area contributed by atoms with Crippen molar-refractivity contribution in [3.63, 3.8) is 0 Å². The molecule has 0 saturated heterocycles. The molecule has 0 aromatic carbocycles. The van der Waals surface area contributed by atoms with Gasteiger partial charge in [-0.3, -0.25) is 0 Å². The Kier molecular flexibility index (Phi) is 4.14. The van der Waals surface area contributed by atoms with Crippen LogP contribution >= 0.6 is 11.3 Å². The lowest BCUT2D eigenvalue weighted by molar-refractivity contribution is 0.572. The predicted octanol–water partition coefficient (Wildman–Crippen LogP) is 2.68. The maximum atomic E-state index is 4.68. The quantitative estimate of drug-likeness (QED) is 0.903. The standard InChI is InChI=1S/C13H20N4S/c1-5-15-12(11-7-14-8-17(11)6-2)13-16-9(3)10(4)18-13/h7-8,12,15H,5-6H2,1-4H3. The molecular formula is C13H20N4S. The number of rotatable bonds is 5. The number of nitrogens with zero attached hydrogens (tertiary/aromatic N) is 3. The van der Waals surface area contributed by atoms with Gasteiger partial charge in [-0.15, -0.1) is 11.3 Å². The van der Waals surface area contributed by atoms with E-state index in [2.05, 4.69) is 47.5 Å². The van der Waals surface area contributed by atoms with E-state index in [9.17, 15) is 0 Å². The third kappa shape index (κ3) is 2.47. The molecule has 0 radical (unpaired) electrons. The predicted molar refractivity (Wildman–Crippen MR) is 75.0 cm³/mol. The Hall–Kier alpha value is -1.20. The molecule has 2 aromatic rings. The van der Waals surface area contributed by atoms with E-state index in [0.717, 1.165) is 23.8 Å². The van der Waals surface area contributed by atoms with Crippen molar-refractivity contribution in [2.45, 2.75) is 40.3 Å². The van der Waals surface area contributed by atoms with Gasteiger partial charge in [0.05, 0.1) is 23.9 Å². The Morgan fingerprint density at radius 2 is 2.17 bits per heavy atom. The minimum Gasteiger partial charge on any atom is -0.333 e. The normalized spacial score (nSPS) is 12.9. The number of hydrogen-bond acceptors (Lipinski definition) is 4. The van der Waals surface area contributed by atoms with Gasteiger partial charge in [-0.25, -0.2) is 9.97 Å². The first kappa shape index (κ1) is 13.2. The average molecular weight is 264 g/mol. The second-order valence-electron chi connectivity index (χ2n) is 4.29. The molecule has 0 amide bonds. The monoisotopic (exact) mass is 264 g/mol. The molecule has 18 heavy (non-hydrogen) atoms. The van der Waals surface area contributed by atoms with Crippen LogP contribution in [0.3, 0.4) is 0 Å². The Labute approximate surface area is 112 Å². The summed E-state index contributed by atoms with van der Waals surface area (Å²) >= 11 is 1.77. The topological polar surface area (TPSA) is 42.7 Å². The Morgan fingerprint density at radius 3 is 2.72 bits per heavy atom. The van der Waals surface area contributed by atoms with Crippen LogP contribution in [0, 0.1) is 13.8 Å². The van der Waals surface area contributed by atoms with E-state index in [4.69, 9.17) is 0 Å². The highest BCUT2D eigenvalue weighted by Crippen LogP contribution is 2.27. The van der Waals surface area contributed by atoms with Crippen LogP contribution < -0.4 is 5.32 Å². The minimum absolute atomic E-state index is 0.148. The zero-order valence-corrected chi connectivity index (χ0v) is 12.2. The van der Waals surface area contributed by atoms with E-state index in [1.54, 1.807) is 11.3 Å². The number of imidazole rings is 1. The van der Waals surface area contributed by atoms with Crippen LogP contribution in [0.5, 0.6) is 0 Å². The molecule has 2 rings (SSSR count). The first-order valence-corrected chi connectivity index (χ1v) is 7.16. The van der Waals surface area contributed by atoms with Gasteiger partial charge in [0.1, 0.15) is 11.0 Å². The first-order valence-electron chi connectivity index (χ1n) is 6.34. The molecule has 4 nitrogen and oxygen atoms in total. The van der Waals surface area contributed by atoms with E-state index in [0.29, 0.717) is 0 Å². The number of nitrogens with one attached hydrogen (secondary N) is 1. The summed E-state index contributed by atoms with van der Waals surface area (Å²) < 4.78 is 2.17. The second kappa shape index (κ2) is 5.63.